The van der Waals surface area contributed by atoms with Crippen LogP contribution in [0.4, 0.5) is 0 Å². The Kier molecular flexibility index (Phi) is 10.8. The number of aliphatic hydroxyl groups is 1. The molecule has 6 rings (SSSR count). The molecule has 3 N–H and O–H groups in total. The molecule has 10 heteroatoms. The summed E-state index contributed by atoms with van der Waals surface area (Å²) in [5, 5.41) is 23.0. The second-order valence-corrected chi connectivity index (χ2v) is 14.3. The van der Waals surface area contributed by atoms with Gasteiger partial charge in [0, 0.05) is 31.3 Å². The third kappa shape index (κ3) is 8.76. The van der Waals surface area contributed by atoms with Gasteiger partial charge in [-0.2, -0.15) is 0 Å². The lowest BCUT2D eigenvalue weighted by Crippen LogP contribution is -2.45. The fourth-order valence-electron chi connectivity index (χ4n) is 6.86. The lowest BCUT2D eigenvalue weighted by molar-refractivity contribution is -0.172. The van der Waals surface area contributed by atoms with Gasteiger partial charge in [-0.1, -0.05) is 72.8 Å². The maximum atomic E-state index is 13.9. The second kappa shape index (κ2) is 15.2. The van der Waals surface area contributed by atoms with Crippen LogP contribution in [0.25, 0.3) is 6.08 Å². The summed E-state index contributed by atoms with van der Waals surface area (Å²) in [7, 11) is 0. The van der Waals surface area contributed by atoms with E-state index in [1.54, 1.807) is 51.1 Å². The molecule has 3 aromatic rings. The monoisotopic (exact) mass is 695 g/mol. The molecule has 3 aromatic carbocycles. The summed E-state index contributed by atoms with van der Waals surface area (Å²) in [4.78, 5) is 39.8. The molecule has 268 valence electrons. The minimum Gasteiger partial charge on any atom is -0.508 e. The van der Waals surface area contributed by atoms with E-state index >= 15 is 0 Å². The third-order valence-electron chi connectivity index (χ3n) is 9.25. The Bertz CT molecular complexity index is 1800. The van der Waals surface area contributed by atoms with Crippen molar-refractivity contribution >= 4 is 23.9 Å². The predicted molar refractivity (Wildman–Crippen MR) is 190 cm³/mol. The number of ether oxygens (including phenoxy) is 4. The molecule has 10 nitrogen and oxygen atoms in total. The SMILES string of the molecule is CC(C)(C)OC(=O)CC[C@@H](CO)NC(=O)C1=C[C@H]2OC3(Cc4ccccc4C3)O[C@H]2[C@H](OC(=O)c2ccccc2C=CCc2ccccc2O)C1. The Morgan fingerprint density at radius 3 is 2.37 bits per heavy atom. The van der Waals surface area contributed by atoms with Gasteiger partial charge in [-0.05, 0) is 74.1 Å². The second-order valence-electron chi connectivity index (χ2n) is 14.3. The number of phenolic OH excluding ortho intramolecular Hbond substituents is 1. The highest BCUT2D eigenvalue weighted by molar-refractivity contribution is 5.95. The van der Waals surface area contributed by atoms with E-state index in [-0.39, 0.29) is 31.6 Å². The minimum atomic E-state index is -0.962. The van der Waals surface area contributed by atoms with Crippen LogP contribution in [-0.2, 0) is 47.8 Å². The van der Waals surface area contributed by atoms with Crippen LogP contribution in [0.5, 0.6) is 5.75 Å². The van der Waals surface area contributed by atoms with E-state index in [0.717, 1.165) is 16.7 Å². The van der Waals surface area contributed by atoms with E-state index < -0.39 is 53.6 Å². The molecular weight excluding hydrogens is 650 g/mol. The largest absolute Gasteiger partial charge is 0.508 e. The summed E-state index contributed by atoms with van der Waals surface area (Å²) in [5.74, 6) is -2.21. The molecule has 1 amide bonds. The molecule has 1 fully saturated rings. The molecule has 0 radical (unpaired) electrons. The van der Waals surface area contributed by atoms with Crippen LogP contribution in [0.1, 0.15) is 72.6 Å². The molecule has 2 aliphatic carbocycles. The number of fused-ring (bicyclic) bond motifs is 2. The number of nitrogens with one attached hydrogen (secondary N) is 1. The van der Waals surface area contributed by atoms with E-state index in [4.69, 9.17) is 18.9 Å². The van der Waals surface area contributed by atoms with Crippen LogP contribution in [0.3, 0.4) is 0 Å². The number of amides is 1. The van der Waals surface area contributed by atoms with Gasteiger partial charge in [-0.3, -0.25) is 9.59 Å². The van der Waals surface area contributed by atoms with Gasteiger partial charge in [0.05, 0.1) is 18.2 Å². The molecule has 0 unspecified atom stereocenters. The Hall–Kier alpha value is -4.77. The minimum absolute atomic E-state index is 0.0210. The molecule has 1 aliphatic heterocycles. The molecule has 0 bridgehead atoms. The molecule has 1 heterocycles. The fourth-order valence-corrected chi connectivity index (χ4v) is 6.86. The quantitative estimate of drug-likeness (QED) is 0.226. The Balaban J connectivity index is 1.19. The van der Waals surface area contributed by atoms with Gasteiger partial charge in [0.2, 0.25) is 5.91 Å². The molecule has 0 aromatic heterocycles. The first-order valence-electron chi connectivity index (χ1n) is 17.4. The van der Waals surface area contributed by atoms with Crippen molar-refractivity contribution in [2.75, 3.05) is 6.61 Å². The molecule has 4 atom stereocenters. The van der Waals surface area contributed by atoms with Crippen LogP contribution in [0.2, 0.25) is 0 Å². The number of hydrogen-bond donors (Lipinski definition) is 3. The van der Waals surface area contributed by atoms with E-state index in [0.29, 0.717) is 36.0 Å². The van der Waals surface area contributed by atoms with Crippen LogP contribution < -0.4 is 5.32 Å². The third-order valence-corrected chi connectivity index (χ3v) is 9.25. The molecule has 1 spiro atoms. The zero-order valence-corrected chi connectivity index (χ0v) is 29.2. The number of rotatable bonds is 11. The number of para-hydroxylation sites is 1. The van der Waals surface area contributed by atoms with Crippen molar-refractivity contribution < 1.29 is 43.5 Å². The topological polar surface area (TPSA) is 141 Å². The molecule has 51 heavy (non-hydrogen) atoms. The number of benzene rings is 3. The van der Waals surface area contributed by atoms with Crippen molar-refractivity contribution in [1.29, 1.82) is 0 Å². The van der Waals surface area contributed by atoms with Gasteiger partial charge < -0.3 is 34.5 Å². The molecule has 3 aliphatic rings. The van der Waals surface area contributed by atoms with Crippen LogP contribution in [0, 0.1) is 0 Å². The Morgan fingerprint density at radius 1 is 0.980 bits per heavy atom. The summed E-state index contributed by atoms with van der Waals surface area (Å²) in [6, 6.07) is 21.5. The van der Waals surface area contributed by atoms with E-state index in [1.807, 2.05) is 60.7 Å². The Morgan fingerprint density at radius 2 is 1.67 bits per heavy atom. The van der Waals surface area contributed by atoms with Crippen molar-refractivity contribution in [3.8, 4) is 5.75 Å². The lowest BCUT2D eigenvalue weighted by Gasteiger charge is -2.31. The van der Waals surface area contributed by atoms with Gasteiger partial charge >= 0.3 is 11.9 Å². The van der Waals surface area contributed by atoms with Gasteiger partial charge in [-0.25, -0.2) is 4.79 Å². The van der Waals surface area contributed by atoms with Crippen molar-refractivity contribution in [1.82, 2.24) is 5.32 Å². The van der Waals surface area contributed by atoms with E-state index in [2.05, 4.69) is 5.32 Å². The van der Waals surface area contributed by atoms with Crippen molar-refractivity contribution in [2.45, 2.75) is 95.0 Å². The summed E-state index contributed by atoms with van der Waals surface area (Å²) >= 11 is 0. The number of aliphatic hydroxyl groups excluding tert-OH is 1. The summed E-state index contributed by atoms with van der Waals surface area (Å²) in [6.45, 7) is 4.96. The smallest absolute Gasteiger partial charge is 0.339 e. The fraction of sp³-hybridized carbons (Fsp3) is 0.390. The lowest BCUT2D eigenvalue weighted by atomic mass is 9.91. The Labute approximate surface area is 298 Å². The zero-order valence-electron chi connectivity index (χ0n) is 29.2. The normalized spacial score (nSPS) is 21.1. The van der Waals surface area contributed by atoms with Gasteiger partial charge in [0.25, 0.3) is 0 Å². The number of aromatic hydroxyl groups is 1. The van der Waals surface area contributed by atoms with Crippen molar-refractivity contribution in [3.63, 3.8) is 0 Å². The molecule has 0 saturated carbocycles. The van der Waals surface area contributed by atoms with Crippen LogP contribution >= 0.6 is 0 Å². The highest BCUT2D eigenvalue weighted by Gasteiger charge is 2.55. The van der Waals surface area contributed by atoms with Gasteiger partial charge in [0.15, 0.2) is 5.79 Å². The first-order chi connectivity index (χ1) is 24.4. The number of hydrogen-bond acceptors (Lipinski definition) is 9. The number of esters is 2. The highest BCUT2D eigenvalue weighted by Crippen LogP contribution is 2.45. The van der Waals surface area contributed by atoms with E-state index in [1.165, 1.54) is 0 Å². The van der Waals surface area contributed by atoms with E-state index in [9.17, 15) is 24.6 Å². The number of carbonyl (C=O) groups is 3. The number of phenols is 1. The van der Waals surface area contributed by atoms with Gasteiger partial charge in [0.1, 0.15) is 29.7 Å². The molecule has 1 saturated heterocycles. The number of allylic oxidation sites excluding steroid dienone is 1. The number of carbonyl (C=O) groups excluding carboxylic acids is 3. The first-order valence-corrected chi connectivity index (χ1v) is 17.4. The standard InChI is InChI=1S/C41H45NO9/c1-40(2,3)50-36(45)20-19-31(25-43)42-38(46)30-21-34(37-35(22-30)49-41(51-37)23-28-13-4-5-14-29(28)24-41)48-39(47)32-17-8-6-11-26(32)15-10-16-27-12-7-9-18-33(27)44/h4-15,17-18,22,31,34-35,37,43-44H,16,19-21,23-25H2,1-3H3,(H,42,46)/t31-,34+,35+,37-/m0/s1. The zero-order chi connectivity index (χ0) is 36.2. The summed E-state index contributed by atoms with van der Waals surface area (Å²) in [5.41, 5.74) is 3.66. The molecular formula is C41H45NO9. The average Bonchev–Trinajstić information content (AvgIpc) is 3.64. The van der Waals surface area contributed by atoms with Gasteiger partial charge in [-0.15, -0.1) is 0 Å². The van der Waals surface area contributed by atoms with Crippen LogP contribution in [-0.4, -0.2) is 70.4 Å². The first kappa shape index (κ1) is 36.0. The maximum Gasteiger partial charge on any atom is 0.339 e. The van der Waals surface area contributed by atoms with Crippen LogP contribution in [0.15, 0.2) is 90.5 Å². The van der Waals surface area contributed by atoms with Crippen molar-refractivity contribution in [2.24, 2.45) is 0 Å². The summed E-state index contributed by atoms with van der Waals surface area (Å²) < 4.78 is 24.8. The highest BCUT2D eigenvalue weighted by atomic mass is 16.8. The summed E-state index contributed by atoms with van der Waals surface area (Å²) in [6.07, 6.45) is 4.99. The predicted octanol–water partition coefficient (Wildman–Crippen LogP) is 5.38. The maximum absolute atomic E-state index is 13.9. The average molecular weight is 696 g/mol. The van der Waals surface area contributed by atoms with Crippen molar-refractivity contribution in [3.05, 3.63) is 118 Å².